The maximum atomic E-state index is 13.4. The van der Waals surface area contributed by atoms with E-state index in [1.165, 1.54) is 12.1 Å². The predicted octanol–water partition coefficient (Wildman–Crippen LogP) is 4.06. The quantitative estimate of drug-likeness (QED) is 0.581. The molecule has 2 heterocycles. The Kier molecular flexibility index (Phi) is 7.05. The molecule has 2 aliphatic rings. The molecule has 1 aliphatic carbocycles. The van der Waals surface area contributed by atoms with Crippen LogP contribution < -0.4 is 10.1 Å². The highest BCUT2D eigenvalue weighted by Gasteiger charge is 2.42. The van der Waals surface area contributed by atoms with Gasteiger partial charge in [0.05, 0.1) is 23.8 Å². The molecule has 1 aromatic carbocycles. The van der Waals surface area contributed by atoms with Crippen molar-refractivity contribution in [1.29, 1.82) is 0 Å². The minimum Gasteiger partial charge on any atom is -0.484 e. The first kappa shape index (κ1) is 23.7. The highest BCUT2D eigenvalue weighted by molar-refractivity contribution is 6.30. The van der Waals surface area contributed by atoms with Gasteiger partial charge in [-0.1, -0.05) is 16.8 Å². The third kappa shape index (κ3) is 6.33. The third-order valence-electron chi connectivity index (χ3n) is 5.40. The Morgan fingerprint density at radius 1 is 1.27 bits per heavy atom. The number of hydrogen-bond acceptors (Lipinski definition) is 7. The average molecular weight is 494 g/mol. The Morgan fingerprint density at radius 3 is 2.73 bits per heavy atom. The van der Waals surface area contributed by atoms with Crippen LogP contribution in [0.1, 0.15) is 49.4 Å². The lowest BCUT2D eigenvalue weighted by Gasteiger charge is -2.33. The Bertz CT molecular complexity index is 975. The monoisotopic (exact) mass is 493 g/mol. The zero-order valence-electron chi connectivity index (χ0n) is 17.1. The maximum Gasteiger partial charge on any atom is 0.522 e. The van der Waals surface area contributed by atoms with Gasteiger partial charge < -0.3 is 19.3 Å². The van der Waals surface area contributed by atoms with Crippen molar-refractivity contribution >= 4 is 17.5 Å². The normalized spacial score (nSPS) is 25.4. The van der Waals surface area contributed by atoms with E-state index >= 15 is 0 Å². The van der Waals surface area contributed by atoms with Crippen LogP contribution in [0.3, 0.4) is 0 Å². The summed E-state index contributed by atoms with van der Waals surface area (Å²) in [7, 11) is 0. The van der Waals surface area contributed by atoms with Gasteiger partial charge in [0.2, 0.25) is 0 Å². The average Bonchev–Trinajstić information content (AvgIpc) is 3.21. The van der Waals surface area contributed by atoms with Crippen molar-refractivity contribution in [2.75, 3.05) is 13.2 Å². The zero-order chi connectivity index (χ0) is 23.6. The molecule has 1 amide bonds. The van der Waals surface area contributed by atoms with E-state index in [9.17, 15) is 22.4 Å². The molecule has 1 aliphatic heterocycles. The summed E-state index contributed by atoms with van der Waals surface area (Å²) in [4.78, 5) is 16.3. The van der Waals surface area contributed by atoms with E-state index in [0.717, 1.165) is 6.07 Å². The molecular weight excluding hydrogens is 474 g/mol. The van der Waals surface area contributed by atoms with E-state index in [1.807, 2.05) is 0 Å². The molecule has 4 rings (SSSR count). The fraction of sp³-hybridized carbons (Fsp3) is 0.550. The first-order valence-electron chi connectivity index (χ1n) is 10.2. The van der Waals surface area contributed by atoms with E-state index in [2.05, 4.69) is 20.2 Å². The van der Waals surface area contributed by atoms with Crippen LogP contribution in [-0.4, -0.2) is 47.8 Å². The second-order valence-corrected chi connectivity index (χ2v) is 8.28. The lowest BCUT2D eigenvalue weighted by Crippen LogP contribution is -2.43. The van der Waals surface area contributed by atoms with Crippen molar-refractivity contribution in [2.24, 2.45) is 0 Å². The molecule has 2 atom stereocenters. The van der Waals surface area contributed by atoms with Crippen molar-refractivity contribution in [3.63, 3.8) is 0 Å². The van der Waals surface area contributed by atoms with Crippen LogP contribution in [0.4, 0.5) is 17.6 Å². The molecule has 1 aromatic heterocycles. The van der Waals surface area contributed by atoms with E-state index in [4.69, 9.17) is 25.6 Å². The Labute approximate surface area is 190 Å². The summed E-state index contributed by atoms with van der Waals surface area (Å²) in [6.07, 6.45) is -4.59. The number of benzene rings is 1. The van der Waals surface area contributed by atoms with Gasteiger partial charge in [0.25, 0.3) is 11.8 Å². The number of carbonyl (C=O) groups is 1. The van der Waals surface area contributed by atoms with Gasteiger partial charge in [-0.25, -0.2) is 4.39 Å². The molecule has 1 unspecified atom stereocenters. The van der Waals surface area contributed by atoms with E-state index in [0.29, 0.717) is 18.7 Å². The van der Waals surface area contributed by atoms with E-state index in [-0.39, 0.29) is 54.7 Å². The lowest BCUT2D eigenvalue weighted by atomic mass is 9.82. The number of halogens is 5. The van der Waals surface area contributed by atoms with Crippen molar-refractivity contribution < 1.29 is 41.1 Å². The second kappa shape index (κ2) is 9.82. The summed E-state index contributed by atoms with van der Waals surface area (Å²) >= 11 is 5.60. The fourth-order valence-electron chi connectivity index (χ4n) is 3.65. The van der Waals surface area contributed by atoms with Crippen molar-refractivity contribution in [2.45, 2.75) is 56.2 Å². The van der Waals surface area contributed by atoms with Crippen LogP contribution in [0.2, 0.25) is 5.02 Å². The Balaban J connectivity index is 1.18. The van der Waals surface area contributed by atoms with Gasteiger partial charge >= 0.3 is 6.36 Å². The number of aromatic nitrogens is 2. The highest BCUT2D eigenvalue weighted by atomic mass is 35.5. The van der Waals surface area contributed by atoms with Crippen molar-refractivity contribution in [1.82, 2.24) is 15.5 Å². The van der Waals surface area contributed by atoms with Gasteiger partial charge in [0.15, 0.2) is 12.4 Å². The fourth-order valence-corrected chi connectivity index (χ4v) is 3.77. The molecule has 13 heteroatoms. The molecule has 0 spiro atoms. The number of alkyl halides is 3. The third-order valence-corrected chi connectivity index (χ3v) is 5.70. The molecule has 33 heavy (non-hydrogen) atoms. The molecule has 8 nitrogen and oxygen atoms in total. The smallest absolute Gasteiger partial charge is 0.484 e. The molecule has 1 saturated heterocycles. The number of amides is 1. The van der Waals surface area contributed by atoms with E-state index in [1.54, 1.807) is 0 Å². The van der Waals surface area contributed by atoms with E-state index < -0.39 is 30.3 Å². The SMILES string of the molecule is O=C(COc1ccc(Cl)c(F)c1)N[C@H]1CCC(c2nc(C3CC(OC(F)(F)F)C3)no2)OC1. The van der Waals surface area contributed by atoms with Gasteiger partial charge in [0.1, 0.15) is 17.7 Å². The van der Waals surface area contributed by atoms with Crippen LogP contribution >= 0.6 is 11.6 Å². The minimum absolute atomic E-state index is 0.0403. The number of nitrogens with one attached hydrogen (secondary N) is 1. The summed E-state index contributed by atoms with van der Waals surface area (Å²) in [5.41, 5.74) is 0. The van der Waals surface area contributed by atoms with Crippen molar-refractivity contribution in [3.05, 3.63) is 40.8 Å². The lowest BCUT2D eigenvalue weighted by molar-refractivity contribution is -0.352. The molecule has 180 valence electrons. The van der Waals surface area contributed by atoms with Gasteiger partial charge in [-0.05, 0) is 37.8 Å². The predicted molar refractivity (Wildman–Crippen MR) is 104 cm³/mol. The van der Waals surface area contributed by atoms with Crippen LogP contribution in [0, 0.1) is 5.82 Å². The van der Waals surface area contributed by atoms with Crippen LogP contribution in [0.25, 0.3) is 0 Å². The highest BCUT2D eigenvalue weighted by Crippen LogP contribution is 2.40. The number of carbonyl (C=O) groups excluding carboxylic acids is 1. The Morgan fingerprint density at radius 2 is 2.06 bits per heavy atom. The summed E-state index contributed by atoms with van der Waals surface area (Å²) in [6.45, 7) is -0.0942. The molecule has 0 radical (unpaired) electrons. The zero-order valence-corrected chi connectivity index (χ0v) is 17.9. The van der Waals surface area contributed by atoms with Crippen LogP contribution in [0.15, 0.2) is 22.7 Å². The van der Waals surface area contributed by atoms with Crippen molar-refractivity contribution in [3.8, 4) is 5.75 Å². The number of ether oxygens (including phenoxy) is 3. The topological polar surface area (TPSA) is 95.7 Å². The number of nitrogens with zero attached hydrogens (tertiary/aromatic N) is 2. The molecule has 2 aromatic rings. The second-order valence-electron chi connectivity index (χ2n) is 7.87. The summed E-state index contributed by atoms with van der Waals surface area (Å²) in [5.74, 6) is -0.512. The van der Waals surface area contributed by atoms with Gasteiger partial charge in [-0.15, -0.1) is 13.2 Å². The van der Waals surface area contributed by atoms with Gasteiger partial charge in [-0.3, -0.25) is 9.53 Å². The molecule has 1 N–H and O–H groups in total. The standard InChI is InChI=1S/C20H20ClF4N3O5/c21-14-3-2-12(7-15(14)22)30-9-17(29)26-11-1-4-16(31-8-11)19-27-18(28-33-19)10-5-13(6-10)32-20(23,24)25/h2-3,7,10-11,13,16H,1,4-6,8-9H2,(H,26,29)/t10?,11-,13?,16?/m0/s1. The number of rotatable bonds is 7. The maximum absolute atomic E-state index is 13.4. The number of hydrogen-bond donors (Lipinski definition) is 1. The van der Waals surface area contributed by atoms with Gasteiger partial charge in [0, 0.05) is 12.0 Å². The van der Waals surface area contributed by atoms with Gasteiger partial charge in [-0.2, -0.15) is 4.98 Å². The summed E-state index contributed by atoms with van der Waals surface area (Å²) in [5, 5.41) is 6.58. The molecule has 0 bridgehead atoms. The first-order valence-corrected chi connectivity index (χ1v) is 10.6. The minimum atomic E-state index is -4.65. The first-order chi connectivity index (χ1) is 15.7. The van der Waals surface area contributed by atoms with Crippen LogP contribution in [0.5, 0.6) is 5.75 Å². The molecular formula is C20H20ClF4N3O5. The Hall–Kier alpha value is -2.44. The molecule has 2 fully saturated rings. The van der Waals surface area contributed by atoms with Crippen LogP contribution in [-0.2, 0) is 14.3 Å². The summed E-state index contributed by atoms with van der Waals surface area (Å²) in [6, 6.07) is 3.63. The largest absolute Gasteiger partial charge is 0.522 e. The summed E-state index contributed by atoms with van der Waals surface area (Å²) < 4.78 is 70.2. The molecule has 1 saturated carbocycles.